The Labute approximate surface area is 193 Å². The summed E-state index contributed by atoms with van der Waals surface area (Å²) in [5, 5.41) is 15.4. The molecule has 0 fully saturated rings. The van der Waals surface area contributed by atoms with Crippen LogP contribution in [0.2, 0.25) is 0 Å². The van der Waals surface area contributed by atoms with Crippen molar-refractivity contribution < 1.29 is 29.0 Å². The summed E-state index contributed by atoms with van der Waals surface area (Å²) in [4.78, 5) is 36.6. The van der Waals surface area contributed by atoms with Crippen molar-refractivity contribution in [3.05, 3.63) is 69.7 Å². The number of nitrogens with zero attached hydrogens (tertiary/aromatic N) is 2. The number of ether oxygens (including phenoxy) is 2. The molecule has 1 amide bonds. The van der Waals surface area contributed by atoms with E-state index in [1.165, 1.54) is 25.3 Å². The van der Waals surface area contributed by atoms with Crippen LogP contribution in [0.5, 0.6) is 0 Å². The fourth-order valence-electron chi connectivity index (χ4n) is 3.25. The molecule has 1 N–H and O–H groups in total. The SMILES string of the molecule is COCC1=NN(c2ccc(Br)cc2)C(=O)C1CC(=Cc1ccc(C(=O)OC)cc1)C(=O)O. The van der Waals surface area contributed by atoms with E-state index >= 15 is 0 Å². The molecule has 2 aromatic carbocycles. The lowest BCUT2D eigenvalue weighted by Gasteiger charge is -2.15. The van der Waals surface area contributed by atoms with Crippen LogP contribution in [0, 0.1) is 5.92 Å². The Balaban J connectivity index is 1.87. The van der Waals surface area contributed by atoms with Crippen molar-refractivity contribution in [2.24, 2.45) is 11.0 Å². The van der Waals surface area contributed by atoms with Crippen LogP contribution in [0.3, 0.4) is 0 Å². The number of hydrogen-bond acceptors (Lipinski definition) is 6. The standard InChI is InChI=1S/C23H21BrN2O6/c1-31-13-20-19(21(27)26(25-20)18-9-7-17(24)8-10-18)12-16(22(28)29)11-14-3-5-15(6-4-14)23(30)32-2/h3-11,19H,12-13H2,1-2H3,(H,28,29). The van der Waals surface area contributed by atoms with Gasteiger partial charge in [0.2, 0.25) is 0 Å². The minimum atomic E-state index is -1.14. The number of carboxylic acid groups (broad SMARTS) is 1. The lowest BCUT2D eigenvalue weighted by Crippen LogP contribution is -2.29. The molecular formula is C23H21BrN2O6. The van der Waals surface area contributed by atoms with Crippen LogP contribution in [0.25, 0.3) is 6.08 Å². The van der Waals surface area contributed by atoms with Crippen molar-refractivity contribution in [2.75, 3.05) is 25.8 Å². The maximum absolute atomic E-state index is 13.1. The van der Waals surface area contributed by atoms with Gasteiger partial charge in [-0.3, -0.25) is 4.79 Å². The Bertz CT molecular complexity index is 1080. The number of carbonyl (C=O) groups is 3. The van der Waals surface area contributed by atoms with Gasteiger partial charge in [0.25, 0.3) is 5.91 Å². The highest BCUT2D eigenvalue weighted by atomic mass is 79.9. The molecule has 1 heterocycles. The summed E-state index contributed by atoms with van der Waals surface area (Å²) in [6.45, 7) is 0.101. The van der Waals surface area contributed by atoms with E-state index in [1.54, 1.807) is 48.5 Å². The van der Waals surface area contributed by atoms with Crippen LogP contribution in [0.15, 0.2) is 63.7 Å². The fraction of sp³-hybridized carbons (Fsp3) is 0.217. The zero-order chi connectivity index (χ0) is 23.3. The van der Waals surface area contributed by atoms with Gasteiger partial charge < -0.3 is 14.6 Å². The molecule has 0 bridgehead atoms. The summed E-state index contributed by atoms with van der Waals surface area (Å²) >= 11 is 3.36. The highest BCUT2D eigenvalue weighted by Gasteiger charge is 2.37. The monoisotopic (exact) mass is 500 g/mol. The van der Waals surface area contributed by atoms with Crippen LogP contribution in [0.4, 0.5) is 5.69 Å². The van der Waals surface area contributed by atoms with Gasteiger partial charge in [0.1, 0.15) is 0 Å². The second-order valence-corrected chi connectivity index (χ2v) is 7.91. The molecule has 1 unspecified atom stereocenters. The van der Waals surface area contributed by atoms with E-state index in [2.05, 4.69) is 25.8 Å². The fourth-order valence-corrected chi connectivity index (χ4v) is 3.51. The Morgan fingerprint density at radius 1 is 1.12 bits per heavy atom. The third kappa shape index (κ3) is 5.30. The van der Waals surface area contributed by atoms with Gasteiger partial charge in [-0.2, -0.15) is 5.10 Å². The summed E-state index contributed by atoms with van der Waals surface area (Å²) < 4.78 is 10.7. The molecule has 8 nitrogen and oxygen atoms in total. The Morgan fingerprint density at radius 3 is 2.34 bits per heavy atom. The highest BCUT2D eigenvalue weighted by Crippen LogP contribution is 2.29. The number of hydrazone groups is 1. The van der Waals surface area contributed by atoms with Gasteiger partial charge in [-0.25, -0.2) is 14.6 Å². The average Bonchev–Trinajstić information content (AvgIpc) is 3.09. The van der Waals surface area contributed by atoms with Crippen LogP contribution in [0.1, 0.15) is 22.3 Å². The summed E-state index contributed by atoms with van der Waals surface area (Å²) in [6.07, 6.45) is 1.42. The normalized spacial score (nSPS) is 16.2. The van der Waals surface area contributed by atoms with Crippen molar-refractivity contribution in [3.8, 4) is 0 Å². The van der Waals surface area contributed by atoms with E-state index in [9.17, 15) is 19.5 Å². The number of carboxylic acids is 1. The smallest absolute Gasteiger partial charge is 0.337 e. The molecule has 2 aromatic rings. The Morgan fingerprint density at radius 2 is 1.78 bits per heavy atom. The lowest BCUT2D eigenvalue weighted by molar-refractivity contribution is -0.132. The van der Waals surface area contributed by atoms with E-state index in [-0.39, 0.29) is 24.5 Å². The lowest BCUT2D eigenvalue weighted by atomic mass is 9.93. The van der Waals surface area contributed by atoms with Crippen LogP contribution < -0.4 is 5.01 Å². The minimum absolute atomic E-state index is 0.0376. The number of benzene rings is 2. The molecule has 166 valence electrons. The summed E-state index contributed by atoms with van der Waals surface area (Å²) in [5.41, 5.74) is 2.00. The third-order valence-electron chi connectivity index (χ3n) is 4.87. The van der Waals surface area contributed by atoms with Crippen molar-refractivity contribution >= 4 is 51.3 Å². The molecule has 0 saturated heterocycles. The van der Waals surface area contributed by atoms with Gasteiger partial charge in [0.15, 0.2) is 0 Å². The molecule has 0 aliphatic carbocycles. The van der Waals surface area contributed by atoms with Gasteiger partial charge >= 0.3 is 11.9 Å². The van der Waals surface area contributed by atoms with E-state index < -0.39 is 17.9 Å². The van der Waals surface area contributed by atoms with Crippen molar-refractivity contribution in [3.63, 3.8) is 0 Å². The molecule has 1 aliphatic heterocycles. The number of carbonyl (C=O) groups excluding carboxylic acids is 2. The molecule has 0 radical (unpaired) electrons. The van der Waals surface area contributed by atoms with Gasteiger partial charge in [0, 0.05) is 17.2 Å². The first kappa shape index (κ1) is 23.4. The Hall–Kier alpha value is -3.30. The van der Waals surface area contributed by atoms with E-state index in [0.717, 1.165) is 4.47 Å². The quantitative estimate of drug-likeness (QED) is 0.436. The number of anilines is 1. The predicted molar refractivity (Wildman–Crippen MR) is 122 cm³/mol. The topological polar surface area (TPSA) is 106 Å². The van der Waals surface area contributed by atoms with Crippen LogP contribution in [-0.2, 0) is 19.1 Å². The molecule has 1 aliphatic rings. The zero-order valence-electron chi connectivity index (χ0n) is 17.4. The third-order valence-corrected chi connectivity index (χ3v) is 5.40. The number of esters is 1. The second kappa shape index (κ2) is 10.3. The van der Waals surface area contributed by atoms with Gasteiger partial charge in [0.05, 0.1) is 36.6 Å². The van der Waals surface area contributed by atoms with Gasteiger partial charge in [-0.15, -0.1) is 0 Å². The second-order valence-electron chi connectivity index (χ2n) is 7.00. The first-order valence-corrected chi connectivity index (χ1v) is 10.4. The van der Waals surface area contributed by atoms with Crippen LogP contribution >= 0.6 is 15.9 Å². The summed E-state index contributed by atoms with van der Waals surface area (Å²) in [7, 11) is 2.77. The molecule has 0 saturated carbocycles. The summed E-state index contributed by atoms with van der Waals surface area (Å²) in [5.74, 6) is -2.72. The molecular weight excluding hydrogens is 480 g/mol. The number of rotatable bonds is 8. The number of halogens is 1. The predicted octanol–water partition coefficient (Wildman–Crippen LogP) is 3.76. The van der Waals surface area contributed by atoms with E-state index in [4.69, 9.17) is 4.74 Å². The molecule has 9 heteroatoms. The van der Waals surface area contributed by atoms with E-state index in [0.29, 0.717) is 22.5 Å². The Kier molecular flexibility index (Phi) is 7.55. The molecule has 1 atom stereocenters. The molecule has 0 spiro atoms. The first-order valence-electron chi connectivity index (χ1n) is 9.62. The van der Waals surface area contributed by atoms with Crippen molar-refractivity contribution in [1.29, 1.82) is 0 Å². The largest absolute Gasteiger partial charge is 0.478 e. The molecule has 32 heavy (non-hydrogen) atoms. The number of amides is 1. The highest BCUT2D eigenvalue weighted by molar-refractivity contribution is 9.10. The molecule has 3 rings (SSSR count). The van der Waals surface area contributed by atoms with Crippen molar-refractivity contribution in [1.82, 2.24) is 0 Å². The van der Waals surface area contributed by atoms with Gasteiger partial charge in [-0.05, 0) is 54.5 Å². The first-order chi connectivity index (χ1) is 15.3. The average molecular weight is 501 g/mol. The number of hydrogen-bond donors (Lipinski definition) is 1. The molecule has 0 aromatic heterocycles. The van der Waals surface area contributed by atoms with E-state index in [1.807, 2.05) is 0 Å². The number of aliphatic carboxylic acids is 1. The maximum atomic E-state index is 13.1. The van der Waals surface area contributed by atoms with Gasteiger partial charge in [-0.1, -0.05) is 28.1 Å². The minimum Gasteiger partial charge on any atom is -0.478 e. The summed E-state index contributed by atoms with van der Waals surface area (Å²) in [6, 6.07) is 13.4. The maximum Gasteiger partial charge on any atom is 0.337 e. The number of methoxy groups -OCH3 is 2. The van der Waals surface area contributed by atoms with Crippen LogP contribution in [-0.4, -0.2) is 49.5 Å². The van der Waals surface area contributed by atoms with Crippen molar-refractivity contribution in [2.45, 2.75) is 6.42 Å². The zero-order valence-corrected chi connectivity index (χ0v) is 19.0.